The van der Waals surface area contributed by atoms with E-state index in [1.54, 1.807) is 7.05 Å². The Morgan fingerprint density at radius 1 is 1.21 bits per heavy atom. The first-order valence-corrected chi connectivity index (χ1v) is 10.4. The van der Waals surface area contributed by atoms with E-state index in [9.17, 15) is 9.59 Å². The molecule has 1 fully saturated rings. The summed E-state index contributed by atoms with van der Waals surface area (Å²) in [4.78, 5) is 35.5. The van der Waals surface area contributed by atoms with Gasteiger partial charge in [0.15, 0.2) is 5.17 Å². The monoisotopic (exact) mass is 410 g/mol. The Labute approximate surface area is 170 Å². The van der Waals surface area contributed by atoms with E-state index in [0.717, 1.165) is 21.5 Å². The molecule has 4 rings (SSSR count). The van der Waals surface area contributed by atoms with E-state index >= 15 is 0 Å². The van der Waals surface area contributed by atoms with Crippen LogP contribution in [0.2, 0.25) is 0 Å². The number of benzene rings is 2. The Bertz CT molecular complexity index is 1060. The molecule has 3 aromatic rings. The smallest absolute Gasteiger partial charge is 0.242 e. The first-order chi connectivity index (χ1) is 13.5. The number of amidine groups is 1. The maximum Gasteiger partial charge on any atom is 0.242 e. The van der Waals surface area contributed by atoms with Crippen LogP contribution < -0.4 is 5.32 Å². The number of hydrogen-bond donors (Lipinski definition) is 1. The molecule has 1 aliphatic rings. The molecule has 2 heterocycles. The number of anilines is 1. The molecule has 1 saturated heterocycles. The van der Waals surface area contributed by atoms with Crippen molar-refractivity contribution in [2.45, 2.75) is 18.6 Å². The van der Waals surface area contributed by atoms with Crippen LogP contribution in [0.5, 0.6) is 0 Å². The molecule has 0 bridgehead atoms. The van der Waals surface area contributed by atoms with Crippen molar-refractivity contribution in [3.05, 3.63) is 54.1 Å². The molecular formula is C20H18N4O2S2. The number of nitrogens with one attached hydrogen (secondary N) is 1. The summed E-state index contributed by atoms with van der Waals surface area (Å²) >= 11 is 2.78. The fraction of sp³-hybridized carbons (Fsp3) is 0.200. The van der Waals surface area contributed by atoms with Crippen LogP contribution in [0.25, 0.3) is 10.2 Å². The summed E-state index contributed by atoms with van der Waals surface area (Å²) in [6, 6.07) is 15.4. The van der Waals surface area contributed by atoms with Crippen LogP contribution in [0, 0.1) is 6.92 Å². The molecule has 1 aliphatic heterocycles. The van der Waals surface area contributed by atoms with Crippen molar-refractivity contribution in [3.8, 4) is 0 Å². The number of rotatable bonds is 4. The molecule has 0 saturated carbocycles. The standard InChI is InChI=1S/C20H18N4O2S2/c1-12-7-3-4-8-13(12)21-17(25)11-16-18(26)24(2)20(28-16)23-19-22-14-9-5-6-10-15(14)27-19/h3-10,16H,11H2,1-2H3,(H,21,25). The normalized spacial score (nSPS) is 18.2. The van der Waals surface area contributed by atoms with Gasteiger partial charge in [-0.2, -0.15) is 4.99 Å². The largest absolute Gasteiger partial charge is 0.326 e. The zero-order valence-electron chi connectivity index (χ0n) is 15.4. The van der Waals surface area contributed by atoms with Crippen molar-refractivity contribution < 1.29 is 9.59 Å². The van der Waals surface area contributed by atoms with E-state index in [2.05, 4.69) is 15.3 Å². The van der Waals surface area contributed by atoms with Crippen LogP contribution in [0.15, 0.2) is 53.5 Å². The lowest BCUT2D eigenvalue weighted by Gasteiger charge is -2.10. The molecule has 2 aromatic carbocycles. The van der Waals surface area contributed by atoms with Crippen LogP contribution in [-0.4, -0.2) is 39.2 Å². The molecule has 1 unspecified atom stereocenters. The first kappa shape index (κ1) is 18.6. The number of fused-ring (bicyclic) bond motifs is 1. The van der Waals surface area contributed by atoms with Crippen LogP contribution in [0.4, 0.5) is 10.8 Å². The van der Waals surface area contributed by atoms with E-state index in [-0.39, 0.29) is 18.2 Å². The fourth-order valence-electron chi connectivity index (χ4n) is 2.87. The van der Waals surface area contributed by atoms with Gasteiger partial charge in [-0.15, -0.1) is 0 Å². The Kier molecular flexibility index (Phi) is 5.15. The summed E-state index contributed by atoms with van der Waals surface area (Å²) in [5.41, 5.74) is 2.63. The number of carbonyl (C=O) groups excluding carboxylic acids is 2. The van der Waals surface area contributed by atoms with Crippen molar-refractivity contribution >= 4 is 61.1 Å². The minimum absolute atomic E-state index is 0.0983. The first-order valence-electron chi connectivity index (χ1n) is 8.75. The minimum Gasteiger partial charge on any atom is -0.326 e. The van der Waals surface area contributed by atoms with Gasteiger partial charge in [0.05, 0.1) is 10.2 Å². The highest BCUT2D eigenvalue weighted by atomic mass is 32.2. The van der Waals surface area contributed by atoms with Gasteiger partial charge in [-0.1, -0.05) is 53.4 Å². The van der Waals surface area contributed by atoms with Crippen molar-refractivity contribution in [3.63, 3.8) is 0 Å². The number of para-hydroxylation sites is 2. The fourth-order valence-corrected chi connectivity index (χ4v) is 4.90. The predicted molar refractivity (Wildman–Crippen MR) is 115 cm³/mol. The second-order valence-electron chi connectivity index (χ2n) is 6.43. The van der Waals surface area contributed by atoms with Gasteiger partial charge in [0.2, 0.25) is 16.9 Å². The second kappa shape index (κ2) is 7.73. The molecule has 1 N–H and O–H groups in total. The van der Waals surface area contributed by atoms with E-state index in [0.29, 0.717) is 10.3 Å². The highest BCUT2D eigenvalue weighted by Crippen LogP contribution is 2.33. The average Bonchev–Trinajstić information content (AvgIpc) is 3.20. The zero-order valence-corrected chi connectivity index (χ0v) is 17.0. The van der Waals surface area contributed by atoms with Crippen LogP contribution >= 0.6 is 23.1 Å². The average molecular weight is 411 g/mol. The van der Waals surface area contributed by atoms with Crippen LogP contribution in [0.3, 0.4) is 0 Å². The zero-order chi connectivity index (χ0) is 19.7. The summed E-state index contributed by atoms with van der Waals surface area (Å²) in [6.07, 6.45) is 0.0983. The molecular weight excluding hydrogens is 392 g/mol. The van der Waals surface area contributed by atoms with E-state index < -0.39 is 5.25 Å². The van der Waals surface area contributed by atoms with E-state index in [1.807, 2.05) is 55.5 Å². The van der Waals surface area contributed by atoms with Crippen LogP contribution in [-0.2, 0) is 9.59 Å². The maximum absolute atomic E-state index is 12.6. The summed E-state index contributed by atoms with van der Waals surface area (Å²) in [6.45, 7) is 1.93. The quantitative estimate of drug-likeness (QED) is 0.700. The van der Waals surface area contributed by atoms with Crippen LogP contribution in [0.1, 0.15) is 12.0 Å². The third-order valence-electron chi connectivity index (χ3n) is 4.40. The number of aryl methyl sites for hydroxylation is 1. The maximum atomic E-state index is 12.6. The van der Waals surface area contributed by atoms with E-state index in [1.165, 1.54) is 28.0 Å². The number of thioether (sulfide) groups is 1. The lowest BCUT2D eigenvalue weighted by Crippen LogP contribution is -2.30. The molecule has 0 radical (unpaired) electrons. The number of nitrogens with zero attached hydrogens (tertiary/aromatic N) is 3. The highest BCUT2D eigenvalue weighted by Gasteiger charge is 2.37. The van der Waals surface area contributed by atoms with E-state index in [4.69, 9.17) is 0 Å². The summed E-state index contributed by atoms with van der Waals surface area (Å²) in [7, 11) is 1.68. The SMILES string of the molecule is Cc1ccccc1NC(=O)CC1SC(=Nc2nc3ccccc3s2)N(C)C1=O. The number of aliphatic imine (C=N–C) groups is 1. The van der Waals surface area contributed by atoms with Gasteiger partial charge in [-0.05, 0) is 30.7 Å². The number of carbonyl (C=O) groups is 2. The summed E-state index contributed by atoms with van der Waals surface area (Å²) in [5, 5.41) is 3.57. The van der Waals surface area contributed by atoms with Gasteiger partial charge < -0.3 is 5.32 Å². The van der Waals surface area contributed by atoms with Crippen molar-refractivity contribution in [1.82, 2.24) is 9.88 Å². The highest BCUT2D eigenvalue weighted by molar-refractivity contribution is 8.15. The van der Waals surface area contributed by atoms with Crippen molar-refractivity contribution in [1.29, 1.82) is 0 Å². The lowest BCUT2D eigenvalue weighted by atomic mass is 10.2. The molecule has 2 amide bonds. The number of amides is 2. The molecule has 8 heteroatoms. The lowest BCUT2D eigenvalue weighted by molar-refractivity contribution is -0.127. The molecule has 6 nitrogen and oxygen atoms in total. The Morgan fingerprint density at radius 2 is 1.96 bits per heavy atom. The predicted octanol–water partition coefficient (Wildman–Crippen LogP) is 4.19. The topological polar surface area (TPSA) is 74.7 Å². The molecule has 0 aliphatic carbocycles. The third kappa shape index (κ3) is 3.79. The minimum atomic E-state index is -0.484. The Morgan fingerprint density at radius 3 is 2.75 bits per heavy atom. The summed E-state index contributed by atoms with van der Waals surface area (Å²) in [5.74, 6) is -0.306. The van der Waals surface area contributed by atoms with Gasteiger partial charge in [-0.25, -0.2) is 4.98 Å². The third-order valence-corrected chi connectivity index (χ3v) is 6.56. The number of thiazole rings is 1. The molecule has 28 heavy (non-hydrogen) atoms. The van der Waals surface area contributed by atoms with Crippen molar-refractivity contribution in [2.75, 3.05) is 12.4 Å². The van der Waals surface area contributed by atoms with Crippen molar-refractivity contribution in [2.24, 2.45) is 4.99 Å². The molecule has 1 atom stereocenters. The molecule has 0 spiro atoms. The number of aromatic nitrogens is 1. The van der Waals surface area contributed by atoms with Gasteiger partial charge in [-0.3, -0.25) is 14.5 Å². The van der Waals surface area contributed by atoms with Gasteiger partial charge in [0.25, 0.3) is 0 Å². The molecule has 142 valence electrons. The Hall–Kier alpha value is -2.71. The van der Waals surface area contributed by atoms with Gasteiger partial charge in [0, 0.05) is 19.2 Å². The molecule has 1 aromatic heterocycles. The Balaban J connectivity index is 1.47. The number of hydrogen-bond acceptors (Lipinski definition) is 6. The van der Waals surface area contributed by atoms with Gasteiger partial charge >= 0.3 is 0 Å². The second-order valence-corrected chi connectivity index (χ2v) is 8.61. The summed E-state index contributed by atoms with van der Waals surface area (Å²) < 4.78 is 1.05. The van der Waals surface area contributed by atoms with Gasteiger partial charge in [0.1, 0.15) is 5.25 Å².